The Balaban J connectivity index is 1.31. The average molecular weight is 475 g/mol. The number of halogens is 1. The van der Waals surface area contributed by atoms with Crippen molar-refractivity contribution >= 4 is 32.7 Å². The van der Waals surface area contributed by atoms with Crippen molar-refractivity contribution in [1.29, 1.82) is 0 Å². The minimum atomic E-state index is -3.57. The molecule has 32 heavy (non-hydrogen) atoms. The Bertz CT molecular complexity index is 1450. The van der Waals surface area contributed by atoms with Crippen molar-refractivity contribution in [3.63, 3.8) is 0 Å². The molecular formula is C21H19ClN4O5S. The first-order valence-electron chi connectivity index (χ1n) is 10.0. The van der Waals surface area contributed by atoms with Gasteiger partial charge in [0.2, 0.25) is 21.7 Å². The summed E-state index contributed by atoms with van der Waals surface area (Å²) in [7, 11) is -1.94. The summed E-state index contributed by atoms with van der Waals surface area (Å²) in [6.45, 7) is 0.711. The van der Waals surface area contributed by atoms with Crippen molar-refractivity contribution in [2.24, 2.45) is 7.05 Å². The minimum absolute atomic E-state index is 0.0358. The molecular weight excluding hydrogens is 456 g/mol. The van der Waals surface area contributed by atoms with Gasteiger partial charge in [0.1, 0.15) is 0 Å². The first-order valence-corrected chi connectivity index (χ1v) is 11.8. The molecule has 2 aromatic carbocycles. The monoisotopic (exact) mass is 474 g/mol. The Kier molecular flexibility index (Phi) is 5.15. The molecule has 11 heteroatoms. The van der Waals surface area contributed by atoms with Crippen molar-refractivity contribution in [3.05, 3.63) is 63.9 Å². The van der Waals surface area contributed by atoms with Crippen LogP contribution in [0.3, 0.4) is 0 Å². The molecule has 3 heterocycles. The molecule has 0 spiro atoms. The van der Waals surface area contributed by atoms with E-state index >= 15 is 0 Å². The Morgan fingerprint density at radius 2 is 1.81 bits per heavy atom. The molecule has 0 atom stereocenters. The molecule has 0 radical (unpaired) electrons. The maximum Gasteiger partial charge on any atom is 0.419 e. The van der Waals surface area contributed by atoms with E-state index in [-0.39, 0.29) is 10.8 Å². The molecule has 1 fully saturated rings. The lowest BCUT2D eigenvalue weighted by Gasteiger charge is -2.29. The van der Waals surface area contributed by atoms with Gasteiger partial charge in [0.25, 0.3) is 0 Å². The predicted octanol–water partition coefficient (Wildman–Crippen LogP) is 3.40. The molecule has 9 nitrogen and oxygen atoms in total. The van der Waals surface area contributed by atoms with Crippen molar-refractivity contribution in [3.8, 4) is 11.4 Å². The second-order valence-electron chi connectivity index (χ2n) is 7.70. The Hall–Kier alpha value is -2.95. The van der Waals surface area contributed by atoms with E-state index in [1.54, 1.807) is 37.4 Å². The summed E-state index contributed by atoms with van der Waals surface area (Å²) >= 11 is 5.87. The zero-order chi connectivity index (χ0) is 22.5. The first kappa shape index (κ1) is 20.9. The summed E-state index contributed by atoms with van der Waals surface area (Å²) in [6.07, 6.45) is 1.14. The van der Waals surface area contributed by atoms with E-state index in [1.807, 2.05) is 0 Å². The molecule has 0 saturated carbocycles. The number of rotatable bonds is 4. The van der Waals surface area contributed by atoms with Crippen LogP contribution in [0.4, 0.5) is 0 Å². The van der Waals surface area contributed by atoms with Gasteiger partial charge in [-0.1, -0.05) is 16.8 Å². The van der Waals surface area contributed by atoms with E-state index in [2.05, 4.69) is 10.1 Å². The van der Waals surface area contributed by atoms with E-state index < -0.39 is 15.8 Å². The van der Waals surface area contributed by atoms with Crippen LogP contribution in [0.25, 0.3) is 22.5 Å². The van der Waals surface area contributed by atoms with Crippen LogP contribution < -0.4 is 5.76 Å². The van der Waals surface area contributed by atoms with E-state index in [1.165, 1.54) is 21.0 Å². The van der Waals surface area contributed by atoms with Crippen molar-refractivity contribution in [1.82, 2.24) is 19.0 Å². The van der Waals surface area contributed by atoms with Gasteiger partial charge in [-0.3, -0.25) is 4.57 Å². The van der Waals surface area contributed by atoms with E-state index in [9.17, 15) is 13.2 Å². The van der Waals surface area contributed by atoms with Crippen LogP contribution in [-0.2, 0) is 17.1 Å². The predicted molar refractivity (Wildman–Crippen MR) is 117 cm³/mol. The molecule has 0 aliphatic carbocycles. The fourth-order valence-electron chi connectivity index (χ4n) is 3.89. The van der Waals surface area contributed by atoms with E-state index in [0.717, 1.165) is 0 Å². The lowest BCUT2D eigenvalue weighted by atomic mass is 9.98. The number of aromatic nitrogens is 3. The van der Waals surface area contributed by atoms with Gasteiger partial charge in [0, 0.05) is 36.6 Å². The third kappa shape index (κ3) is 3.64. The molecule has 166 valence electrons. The van der Waals surface area contributed by atoms with Gasteiger partial charge in [-0.05, 0) is 55.3 Å². The highest BCUT2D eigenvalue weighted by Gasteiger charge is 2.32. The smallest absolute Gasteiger partial charge is 0.408 e. The van der Waals surface area contributed by atoms with Crippen molar-refractivity contribution in [2.45, 2.75) is 23.7 Å². The molecule has 0 N–H and O–H groups in total. The van der Waals surface area contributed by atoms with E-state index in [0.29, 0.717) is 59.3 Å². The number of hydrogen-bond acceptors (Lipinski definition) is 7. The normalized spacial score (nSPS) is 16.1. The number of hydrogen-bond donors (Lipinski definition) is 0. The first-order chi connectivity index (χ1) is 15.3. The highest BCUT2D eigenvalue weighted by molar-refractivity contribution is 7.89. The van der Waals surface area contributed by atoms with Crippen LogP contribution in [-0.4, -0.2) is 40.5 Å². The number of benzene rings is 2. The quantitative estimate of drug-likeness (QED) is 0.445. The van der Waals surface area contributed by atoms with Crippen LogP contribution in [0.1, 0.15) is 24.7 Å². The van der Waals surface area contributed by atoms with Gasteiger partial charge in [-0.2, -0.15) is 9.29 Å². The number of aryl methyl sites for hydroxylation is 1. The third-order valence-corrected chi connectivity index (χ3v) is 7.91. The average Bonchev–Trinajstić information content (AvgIpc) is 3.39. The van der Waals surface area contributed by atoms with Gasteiger partial charge in [0.05, 0.1) is 10.4 Å². The van der Waals surface area contributed by atoms with Gasteiger partial charge in [0.15, 0.2) is 5.58 Å². The van der Waals surface area contributed by atoms with Gasteiger partial charge < -0.3 is 8.94 Å². The minimum Gasteiger partial charge on any atom is -0.408 e. The van der Waals surface area contributed by atoms with Crippen LogP contribution in [0.2, 0.25) is 5.02 Å². The second kappa shape index (κ2) is 7.88. The van der Waals surface area contributed by atoms with Crippen LogP contribution in [0.15, 0.2) is 61.1 Å². The Labute approximate surface area is 188 Å². The lowest BCUT2D eigenvalue weighted by Crippen LogP contribution is -2.37. The highest BCUT2D eigenvalue weighted by atomic mass is 35.5. The van der Waals surface area contributed by atoms with Crippen molar-refractivity contribution < 1.29 is 17.4 Å². The SMILES string of the molecule is Cn1c(=O)oc2cc(-c3noc(C4CCN(S(=O)(=O)c5ccc(Cl)cc5)CC4)n3)ccc21. The van der Waals surface area contributed by atoms with Gasteiger partial charge in [-0.25, -0.2) is 13.2 Å². The molecule has 0 amide bonds. The maximum absolute atomic E-state index is 12.9. The summed E-state index contributed by atoms with van der Waals surface area (Å²) in [4.78, 5) is 16.4. The molecule has 1 aliphatic rings. The number of piperidine rings is 1. The van der Waals surface area contributed by atoms with E-state index in [4.69, 9.17) is 20.5 Å². The van der Waals surface area contributed by atoms with Crippen LogP contribution >= 0.6 is 11.6 Å². The fraction of sp³-hybridized carbons (Fsp3) is 0.286. The molecule has 5 rings (SSSR count). The summed E-state index contributed by atoms with van der Waals surface area (Å²) in [5, 5.41) is 4.55. The zero-order valence-electron chi connectivity index (χ0n) is 17.1. The molecule has 1 aliphatic heterocycles. The largest absolute Gasteiger partial charge is 0.419 e. The molecule has 1 saturated heterocycles. The molecule has 2 aromatic heterocycles. The number of sulfonamides is 1. The standard InChI is InChI=1S/C21H19ClN4O5S/c1-25-17-7-2-14(12-18(17)30-21(25)27)19-23-20(31-24-19)13-8-10-26(11-9-13)32(28,29)16-5-3-15(22)4-6-16/h2-7,12-13H,8-11H2,1H3. The Morgan fingerprint density at radius 1 is 1.09 bits per heavy atom. The summed E-state index contributed by atoms with van der Waals surface area (Å²) in [5.41, 5.74) is 1.79. The zero-order valence-corrected chi connectivity index (χ0v) is 18.6. The number of oxazole rings is 1. The lowest BCUT2D eigenvalue weighted by molar-refractivity contribution is 0.271. The second-order valence-corrected chi connectivity index (χ2v) is 10.1. The summed E-state index contributed by atoms with van der Waals surface area (Å²) in [6, 6.07) is 11.4. The Morgan fingerprint density at radius 3 is 2.53 bits per heavy atom. The fourth-order valence-corrected chi connectivity index (χ4v) is 5.49. The third-order valence-electron chi connectivity index (χ3n) is 5.75. The summed E-state index contributed by atoms with van der Waals surface area (Å²) < 4.78 is 39.3. The maximum atomic E-state index is 12.9. The topological polar surface area (TPSA) is 111 Å². The highest BCUT2D eigenvalue weighted by Crippen LogP contribution is 2.31. The van der Waals surface area contributed by atoms with Crippen LogP contribution in [0, 0.1) is 0 Å². The number of nitrogens with zero attached hydrogens (tertiary/aromatic N) is 4. The number of fused-ring (bicyclic) bond motifs is 1. The molecule has 4 aromatic rings. The summed E-state index contributed by atoms with van der Waals surface area (Å²) in [5.74, 6) is 0.389. The van der Waals surface area contributed by atoms with Gasteiger partial charge >= 0.3 is 5.76 Å². The molecule has 0 bridgehead atoms. The van der Waals surface area contributed by atoms with Crippen molar-refractivity contribution in [2.75, 3.05) is 13.1 Å². The molecule has 0 unspecified atom stereocenters. The van der Waals surface area contributed by atoms with Gasteiger partial charge in [-0.15, -0.1) is 0 Å². The van der Waals surface area contributed by atoms with Crippen LogP contribution in [0.5, 0.6) is 0 Å².